The summed E-state index contributed by atoms with van der Waals surface area (Å²) in [7, 11) is 1.81. The van der Waals surface area contributed by atoms with Crippen molar-refractivity contribution >= 4 is 0 Å². The lowest BCUT2D eigenvalue weighted by Crippen LogP contribution is -2.36. The first kappa shape index (κ1) is 14.9. The highest BCUT2D eigenvalue weighted by Gasteiger charge is 2.22. The second-order valence-corrected chi connectivity index (χ2v) is 5.04. The second kappa shape index (κ2) is 8.90. The minimum Gasteiger partial charge on any atom is -0.381 e. The van der Waals surface area contributed by atoms with Gasteiger partial charge in [-0.2, -0.15) is 0 Å². The average Bonchev–Trinajstić information content (AvgIpc) is 2.39. The molecule has 17 heavy (non-hydrogen) atoms. The van der Waals surface area contributed by atoms with E-state index in [-0.39, 0.29) is 0 Å². The molecule has 0 radical (unpaired) electrons. The maximum Gasteiger partial charge on any atom is 0.0623 e. The molecular formula is C14H29NO2. The number of hydrogen-bond donors (Lipinski definition) is 1. The van der Waals surface area contributed by atoms with Crippen molar-refractivity contribution in [3.8, 4) is 0 Å². The number of ether oxygens (including phenoxy) is 2. The van der Waals surface area contributed by atoms with Gasteiger partial charge in [0.2, 0.25) is 0 Å². The van der Waals surface area contributed by atoms with Crippen molar-refractivity contribution in [2.45, 2.75) is 70.6 Å². The maximum absolute atomic E-state index is 6.02. The van der Waals surface area contributed by atoms with Gasteiger partial charge in [0.25, 0.3) is 0 Å². The van der Waals surface area contributed by atoms with E-state index in [1.165, 1.54) is 25.7 Å². The molecule has 1 aliphatic carbocycles. The number of rotatable bonds is 8. The van der Waals surface area contributed by atoms with Crippen LogP contribution in [0, 0.1) is 0 Å². The van der Waals surface area contributed by atoms with Gasteiger partial charge in [-0.25, -0.2) is 0 Å². The fourth-order valence-electron chi connectivity index (χ4n) is 2.39. The molecule has 0 spiro atoms. The van der Waals surface area contributed by atoms with Gasteiger partial charge < -0.3 is 14.8 Å². The SMILES string of the molecule is CCCNC(CC)COC1CCCC(OC)C1. The zero-order valence-corrected chi connectivity index (χ0v) is 11.7. The van der Waals surface area contributed by atoms with Crippen LogP contribution in [-0.4, -0.2) is 38.5 Å². The predicted molar refractivity (Wildman–Crippen MR) is 71.4 cm³/mol. The Kier molecular flexibility index (Phi) is 7.82. The van der Waals surface area contributed by atoms with Crippen molar-refractivity contribution in [2.75, 3.05) is 20.3 Å². The van der Waals surface area contributed by atoms with Crippen LogP contribution in [0.3, 0.4) is 0 Å². The van der Waals surface area contributed by atoms with Crippen LogP contribution in [-0.2, 0) is 9.47 Å². The van der Waals surface area contributed by atoms with Crippen LogP contribution in [0.4, 0.5) is 0 Å². The zero-order valence-electron chi connectivity index (χ0n) is 11.7. The summed E-state index contributed by atoms with van der Waals surface area (Å²) in [5, 5.41) is 3.53. The van der Waals surface area contributed by atoms with Crippen LogP contribution < -0.4 is 5.32 Å². The molecule has 0 aliphatic heterocycles. The van der Waals surface area contributed by atoms with Crippen molar-refractivity contribution in [3.05, 3.63) is 0 Å². The summed E-state index contributed by atoms with van der Waals surface area (Å²) in [5.41, 5.74) is 0. The van der Waals surface area contributed by atoms with Crippen LogP contribution in [0.15, 0.2) is 0 Å². The molecule has 0 aromatic heterocycles. The monoisotopic (exact) mass is 243 g/mol. The summed E-state index contributed by atoms with van der Waals surface area (Å²) < 4.78 is 11.4. The lowest BCUT2D eigenvalue weighted by molar-refractivity contribution is -0.0356. The molecule has 0 aromatic rings. The highest BCUT2D eigenvalue weighted by molar-refractivity contribution is 4.74. The maximum atomic E-state index is 6.02. The largest absolute Gasteiger partial charge is 0.381 e. The Morgan fingerprint density at radius 2 is 2.00 bits per heavy atom. The normalized spacial score (nSPS) is 27.0. The van der Waals surface area contributed by atoms with Gasteiger partial charge in [0.1, 0.15) is 0 Å². The fraction of sp³-hybridized carbons (Fsp3) is 1.00. The first-order valence-electron chi connectivity index (χ1n) is 7.17. The summed E-state index contributed by atoms with van der Waals surface area (Å²) in [6.07, 6.45) is 7.85. The van der Waals surface area contributed by atoms with Crippen LogP contribution in [0.2, 0.25) is 0 Å². The van der Waals surface area contributed by atoms with E-state index in [9.17, 15) is 0 Å². The van der Waals surface area contributed by atoms with Crippen LogP contribution in [0.5, 0.6) is 0 Å². The minimum atomic E-state index is 0.408. The molecule has 3 unspecified atom stereocenters. The molecule has 1 saturated carbocycles. The van der Waals surface area contributed by atoms with E-state index >= 15 is 0 Å². The molecule has 3 heteroatoms. The lowest BCUT2D eigenvalue weighted by Gasteiger charge is -2.29. The van der Waals surface area contributed by atoms with Crippen LogP contribution >= 0.6 is 0 Å². The summed E-state index contributed by atoms with van der Waals surface area (Å²) in [6.45, 7) is 6.35. The first-order valence-corrected chi connectivity index (χ1v) is 7.17. The topological polar surface area (TPSA) is 30.5 Å². The van der Waals surface area contributed by atoms with E-state index in [4.69, 9.17) is 9.47 Å². The highest BCUT2D eigenvalue weighted by Crippen LogP contribution is 2.23. The molecule has 102 valence electrons. The third-order valence-corrected chi connectivity index (χ3v) is 3.62. The van der Waals surface area contributed by atoms with Gasteiger partial charge in [0.15, 0.2) is 0 Å². The van der Waals surface area contributed by atoms with Gasteiger partial charge in [-0.05, 0) is 45.1 Å². The highest BCUT2D eigenvalue weighted by atomic mass is 16.5. The second-order valence-electron chi connectivity index (χ2n) is 5.04. The molecule has 3 atom stereocenters. The van der Waals surface area contributed by atoms with Gasteiger partial charge in [0.05, 0.1) is 18.8 Å². The van der Waals surface area contributed by atoms with Crippen molar-refractivity contribution in [3.63, 3.8) is 0 Å². The fourth-order valence-corrected chi connectivity index (χ4v) is 2.39. The summed E-state index contributed by atoms with van der Waals surface area (Å²) in [6, 6.07) is 0.512. The van der Waals surface area contributed by atoms with Crippen LogP contribution in [0.1, 0.15) is 52.4 Å². The Morgan fingerprint density at radius 3 is 2.65 bits per heavy atom. The molecule has 1 aliphatic rings. The molecule has 0 bridgehead atoms. The Hall–Kier alpha value is -0.120. The molecule has 0 amide bonds. The Balaban J connectivity index is 2.18. The van der Waals surface area contributed by atoms with E-state index in [1.54, 1.807) is 0 Å². The van der Waals surface area contributed by atoms with E-state index in [1.807, 2.05) is 7.11 Å². The molecule has 0 saturated heterocycles. The third kappa shape index (κ3) is 5.84. The third-order valence-electron chi connectivity index (χ3n) is 3.62. The van der Waals surface area contributed by atoms with E-state index in [2.05, 4.69) is 19.2 Å². The van der Waals surface area contributed by atoms with Crippen molar-refractivity contribution in [1.82, 2.24) is 5.32 Å². The molecule has 1 rings (SSSR count). The zero-order chi connectivity index (χ0) is 12.5. The predicted octanol–water partition coefficient (Wildman–Crippen LogP) is 2.74. The number of nitrogens with one attached hydrogen (secondary N) is 1. The van der Waals surface area contributed by atoms with E-state index in [0.29, 0.717) is 18.2 Å². The average molecular weight is 243 g/mol. The molecule has 0 heterocycles. The molecule has 0 aromatic carbocycles. The number of methoxy groups -OCH3 is 1. The Labute approximate surface area is 106 Å². The van der Waals surface area contributed by atoms with Crippen molar-refractivity contribution in [2.24, 2.45) is 0 Å². The smallest absolute Gasteiger partial charge is 0.0623 e. The number of hydrogen-bond acceptors (Lipinski definition) is 3. The standard InChI is InChI=1S/C14H29NO2/c1-4-9-15-12(5-2)11-17-14-8-6-7-13(10-14)16-3/h12-15H,4-11H2,1-3H3. The van der Waals surface area contributed by atoms with Crippen LogP contribution in [0.25, 0.3) is 0 Å². The van der Waals surface area contributed by atoms with Gasteiger partial charge in [-0.15, -0.1) is 0 Å². The van der Waals surface area contributed by atoms with Gasteiger partial charge in [0, 0.05) is 13.2 Å². The minimum absolute atomic E-state index is 0.408. The van der Waals surface area contributed by atoms with Gasteiger partial charge in [-0.3, -0.25) is 0 Å². The Bertz CT molecular complexity index is 187. The lowest BCUT2D eigenvalue weighted by atomic mass is 9.95. The molecule has 1 fully saturated rings. The molecule has 1 N–H and O–H groups in total. The van der Waals surface area contributed by atoms with E-state index in [0.717, 1.165) is 26.0 Å². The van der Waals surface area contributed by atoms with Crippen molar-refractivity contribution < 1.29 is 9.47 Å². The quantitative estimate of drug-likeness (QED) is 0.711. The van der Waals surface area contributed by atoms with Gasteiger partial charge in [-0.1, -0.05) is 13.8 Å². The molecular weight excluding hydrogens is 214 g/mol. The Morgan fingerprint density at radius 1 is 1.24 bits per heavy atom. The summed E-state index contributed by atoms with van der Waals surface area (Å²) >= 11 is 0. The van der Waals surface area contributed by atoms with Gasteiger partial charge >= 0.3 is 0 Å². The summed E-state index contributed by atoms with van der Waals surface area (Å²) in [4.78, 5) is 0. The first-order chi connectivity index (χ1) is 8.30. The molecule has 3 nitrogen and oxygen atoms in total. The van der Waals surface area contributed by atoms with E-state index < -0.39 is 0 Å². The van der Waals surface area contributed by atoms with Crippen molar-refractivity contribution in [1.29, 1.82) is 0 Å². The summed E-state index contributed by atoms with van der Waals surface area (Å²) in [5.74, 6) is 0.